The normalized spacial score (nSPS) is 20.2. The third-order valence-electron chi connectivity index (χ3n) is 2.69. The number of rotatable bonds is 2. The molecule has 1 aliphatic carbocycles. The van der Waals surface area contributed by atoms with Crippen LogP contribution in [-0.2, 0) is 0 Å². The second kappa shape index (κ2) is 3.59. The van der Waals surface area contributed by atoms with Crippen molar-refractivity contribution >= 4 is 0 Å². The molecule has 0 unspecified atom stereocenters. The predicted molar refractivity (Wildman–Crippen MR) is 50.8 cm³/mol. The van der Waals surface area contributed by atoms with E-state index in [1.165, 1.54) is 11.1 Å². The van der Waals surface area contributed by atoms with Crippen molar-refractivity contribution in [2.45, 2.75) is 46.7 Å². The summed E-state index contributed by atoms with van der Waals surface area (Å²) in [5, 5.41) is 0. The van der Waals surface area contributed by atoms with Crippen LogP contribution in [0, 0.1) is 11.8 Å². The van der Waals surface area contributed by atoms with E-state index in [2.05, 4.69) is 27.7 Å². The number of hydrogen-bond acceptors (Lipinski definition) is 0. The molecule has 0 aromatic carbocycles. The largest absolute Gasteiger partial charge is 0.247 e. The minimum Gasteiger partial charge on any atom is -0.247 e. The highest BCUT2D eigenvalue weighted by atomic mass is 19.1. The number of halogens is 1. The van der Waals surface area contributed by atoms with E-state index in [-0.39, 0.29) is 0 Å². The summed E-state index contributed by atoms with van der Waals surface area (Å²) < 4.78 is 13.1. The van der Waals surface area contributed by atoms with Gasteiger partial charge in [0, 0.05) is 12.8 Å². The van der Waals surface area contributed by atoms with Crippen LogP contribution in [-0.4, -0.2) is 6.17 Å². The van der Waals surface area contributed by atoms with Gasteiger partial charge in [0.15, 0.2) is 0 Å². The summed E-state index contributed by atoms with van der Waals surface area (Å²) >= 11 is 0. The summed E-state index contributed by atoms with van der Waals surface area (Å²) in [6, 6.07) is 0. The minimum atomic E-state index is -0.597. The fourth-order valence-electron chi connectivity index (χ4n) is 2.02. The topological polar surface area (TPSA) is 0 Å². The lowest BCUT2D eigenvalue weighted by molar-refractivity contribution is 0.340. The molecule has 0 amide bonds. The zero-order valence-electron chi connectivity index (χ0n) is 8.52. The molecule has 0 N–H and O–H groups in total. The number of allylic oxidation sites excluding steroid dienone is 2. The second-order valence-electron chi connectivity index (χ2n) is 4.37. The molecule has 0 saturated heterocycles. The Kier molecular flexibility index (Phi) is 2.92. The molecule has 0 aromatic heterocycles. The first kappa shape index (κ1) is 9.76. The van der Waals surface area contributed by atoms with Crippen LogP contribution in [0.3, 0.4) is 0 Å². The van der Waals surface area contributed by atoms with Crippen molar-refractivity contribution in [2.24, 2.45) is 11.8 Å². The Bertz CT molecular complexity index is 169. The van der Waals surface area contributed by atoms with Crippen LogP contribution >= 0.6 is 0 Å². The molecule has 0 nitrogen and oxygen atoms in total. The summed E-state index contributed by atoms with van der Waals surface area (Å²) in [6.45, 7) is 8.65. The molecule has 12 heavy (non-hydrogen) atoms. The Morgan fingerprint density at radius 3 is 1.58 bits per heavy atom. The smallest absolute Gasteiger partial charge is 0.108 e. The van der Waals surface area contributed by atoms with Crippen molar-refractivity contribution in [3.63, 3.8) is 0 Å². The van der Waals surface area contributed by atoms with Crippen LogP contribution in [0.15, 0.2) is 11.1 Å². The highest BCUT2D eigenvalue weighted by Crippen LogP contribution is 2.36. The van der Waals surface area contributed by atoms with Crippen molar-refractivity contribution in [1.82, 2.24) is 0 Å². The van der Waals surface area contributed by atoms with E-state index in [1.54, 1.807) is 0 Å². The van der Waals surface area contributed by atoms with Crippen LogP contribution < -0.4 is 0 Å². The average molecular weight is 170 g/mol. The maximum atomic E-state index is 13.1. The fraction of sp³-hybridized carbons (Fsp3) is 0.818. The first-order chi connectivity index (χ1) is 5.52. The Hall–Kier alpha value is -0.330. The Balaban J connectivity index is 2.81. The Morgan fingerprint density at radius 1 is 1.00 bits per heavy atom. The summed E-state index contributed by atoms with van der Waals surface area (Å²) in [5.41, 5.74) is 2.75. The van der Waals surface area contributed by atoms with Crippen molar-refractivity contribution in [3.8, 4) is 0 Å². The van der Waals surface area contributed by atoms with Crippen LogP contribution in [0.1, 0.15) is 40.5 Å². The SMILES string of the molecule is CC(C)C1=C(C(C)C)CC(F)C1. The van der Waals surface area contributed by atoms with Crippen LogP contribution in [0.2, 0.25) is 0 Å². The van der Waals surface area contributed by atoms with Crippen molar-refractivity contribution < 1.29 is 4.39 Å². The van der Waals surface area contributed by atoms with Gasteiger partial charge in [-0.1, -0.05) is 38.8 Å². The summed E-state index contributed by atoms with van der Waals surface area (Å²) in [4.78, 5) is 0. The van der Waals surface area contributed by atoms with E-state index in [0.29, 0.717) is 24.7 Å². The molecule has 0 saturated carbocycles. The molecular weight excluding hydrogens is 151 g/mol. The van der Waals surface area contributed by atoms with Gasteiger partial charge in [-0.15, -0.1) is 0 Å². The van der Waals surface area contributed by atoms with Crippen LogP contribution in [0.25, 0.3) is 0 Å². The molecule has 1 aliphatic rings. The Labute approximate surface area is 74.9 Å². The minimum absolute atomic E-state index is 0.531. The first-order valence-electron chi connectivity index (χ1n) is 4.88. The van der Waals surface area contributed by atoms with Gasteiger partial charge < -0.3 is 0 Å². The van der Waals surface area contributed by atoms with Gasteiger partial charge in [0.25, 0.3) is 0 Å². The van der Waals surface area contributed by atoms with Gasteiger partial charge in [-0.3, -0.25) is 0 Å². The third-order valence-corrected chi connectivity index (χ3v) is 2.69. The van der Waals surface area contributed by atoms with Gasteiger partial charge in [0.2, 0.25) is 0 Å². The Morgan fingerprint density at radius 2 is 1.33 bits per heavy atom. The van der Waals surface area contributed by atoms with E-state index in [1.807, 2.05) is 0 Å². The number of alkyl halides is 1. The first-order valence-corrected chi connectivity index (χ1v) is 4.88. The highest BCUT2D eigenvalue weighted by molar-refractivity contribution is 5.25. The predicted octanol–water partition coefficient (Wildman–Crippen LogP) is 3.73. The van der Waals surface area contributed by atoms with Crippen LogP contribution in [0.4, 0.5) is 4.39 Å². The van der Waals surface area contributed by atoms with E-state index in [4.69, 9.17) is 0 Å². The third kappa shape index (κ3) is 1.88. The van der Waals surface area contributed by atoms with E-state index < -0.39 is 6.17 Å². The summed E-state index contributed by atoms with van der Waals surface area (Å²) in [5.74, 6) is 1.06. The molecule has 0 bridgehead atoms. The molecular formula is C11H19F. The molecule has 0 fully saturated rings. The van der Waals surface area contributed by atoms with Gasteiger partial charge in [-0.2, -0.15) is 0 Å². The summed E-state index contributed by atoms with van der Waals surface area (Å²) in [7, 11) is 0. The lowest BCUT2D eigenvalue weighted by Gasteiger charge is -2.12. The van der Waals surface area contributed by atoms with Crippen molar-refractivity contribution in [2.75, 3.05) is 0 Å². The van der Waals surface area contributed by atoms with Gasteiger partial charge in [-0.05, 0) is 11.8 Å². The number of hydrogen-bond donors (Lipinski definition) is 0. The maximum Gasteiger partial charge on any atom is 0.108 e. The van der Waals surface area contributed by atoms with E-state index >= 15 is 0 Å². The molecule has 0 aliphatic heterocycles. The van der Waals surface area contributed by atoms with Gasteiger partial charge in [0.1, 0.15) is 6.17 Å². The molecule has 0 atom stereocenters. The van der Waals surface area contributed by atoms with Gasteiger partial charge in [-0.25, -0.2) is 4.39 Å². The maximum absolute atomic E-state index is 13.1. The fourth-order valence-corrected chi connectivity index (χ4v) is 2.02. The monoisotopic (exact) mass is 170 g/mol. The van der Waals surface area contributed by atoms with Crippen molar-refractivity contribution in [3.05, 3.63) is 11.1 Å². The molecule has 0 spiro atoms. The summed E-state index contributed by atoms with van der Waals surface area (Å²) in [6.07, 6.45) is 0.774. The zero-order chi connectivity index (χ0) is 9.30. The van der Waals surface area contributed by atoms with Crippen LogP contribution in [0.5, 0.6) is 0 Å². The molecule has 0 radical (unpaired) electrons. The highest BCUT2D eigenvalue weighted by Gasteiger charge is 2.26. The molecule has 0 heterocycles. The van der Waals surface area contributed by atoms with Crippen molar-refractivity contribution in [1.29, 1.82) is 0 Å². The standard InChI is InChI=1S/C11H19F/c1-7(2)10-5-9(12)6-11(10)8(3)4/h7-9H,5-6H2,1-4H3. The average Bonchev–Trinajstić information content (AvgIpc) is 2.31. The van der Waals surface area contributed by atoms with E-state index in [9.17, 15) is 4.39 Å². The lowest BCUT2D eigenvalue weighted by atomic mass is 9.93. The zero-order valence-corrected chi connectivity index (χ0v) is 8.52. The molecule has 70 valence electrons. The second-order valence-corrected chi connectivity index (χ2v) is 4.37. The molecule has 1 heteroatoms. The van der Waals surface area contributed by atoms with Gasteiger partial charge >= 0.3 is 0 Å². The lowest BCUT2D eigenvalue weighted by Crippen LogP contribution is -1.98. The van der Waals surface area contributed by atoms with Gasteiger partial charge in [0.05, 0.1) is 0 Å². The van der Waals surface area contributed by atoms with E-state index in [0.717, 1.165) is 0 Å². The molecule has 0 aromatic rings. The molecule has 1 rings (SSSR count). The quantitative estimate of drug-likeness (QED) is 0.554.